The third-order valence-corrected chi connectivity index (χ3v) is 4.31. The molecule has 1 aliphatic heterocycles. The SMILES string of the molecule is Cc1ccc(C(c2ccccc2)N2C(=O)CCC2=O)cc1C. The van der Waals surface area contributed by atoms with Crippen LogP contribution in [0.2, 0.25) is 0 Å². The van der Waals surface area contributed by atoms with E-state index in [1.165, 1.54) is 10.5 Å². The van der Waals surface area contributed by atoms with Gasteiger partial charge in [-0.25, -0.2) is 0 Å². The number of benzene rings is 2. The van der Waals surface area contributed by atoms with E-state index in [-0.39, 0.29) is 17.9 Å². The highest BCUT2D eigenvalue weighted by atomic mass is 16.2. The average Bonchev–Trinajstić information content (AvgIpc) is 2.84. The molecule has 0 radical (unpaired) electrons. The summed E-state index contributed by atoms with van der Waals surface area (Å²) in [5, 5.41) is 0. The number of rotatable bonds is 3. The lowest BCUT2D eigenvalue weighted by molar-refractivity contribution is -0.140. The van der Waals surface area contributed by atoms with E-state index in [4.69, 9.17) is 0 Å². The highest BCUT2D eigenvalue weighted by Gasteiger charge is 2.36. The summed E-state index contributed by atoms with van der Waals surface area (Å²) in [7, 11) is 0. The molecule has 2 aromatic carbocycles. The number of aryl methyl sites for hydroxylation is 2. The zero-order valence-electron chi connectivity index (χ0n) is 12.9. The van der Waals surface area contributed by atoms with Crippen molar-refractivity contribution in [3.05, 3.63) is 70.8 Å². The minimum atomic E-state index is -0.331. The molecule has 3 heteroatoms. The van der Waals surface area contributed by atoms with Crippen LogP contribution in [0.5, 0.6) is 0 Å². The van der Waals surface area contributed by atoms with Crippen molar-refractivity contribution >= 4 is 11.8 Å². The number of hydrogen-bond acceptors (Lipinski definition) is 2. The van der Waals surface area contributed by atoms with Gasteiger partial charge in [-0.3, -0.25) is 14.5 Å². The maximum atomic E-state index is 12.2. The molecule has 2 aromatic rings. The topological polar surface area (TPSA) is 37.4 Å². The van der Waals surface area contributed by atoms with Gasteiger partial charge in [0.05, 0.1) is 6.04 Å². The van der Waals surface area contributed by atoms with E-state index in [1.54, 1.807) is 0 Å². The maximum Gasteiger partial charge on any atom is 0.230 e. The molecule has 1 saturated heterocycles. The first-order chi connectivity index (χ1) is 10.6. The van der Waals surface area contributed by atoms with Crippen molar-refractivity contribution < 1.29 is 9.59 Å². The van der Waals surface area contributed by atoms with Gasteiger partial charge in [0, 0.05) is 12.8 Å². The summed E-state index contributed by atoms with van der Waals surface area (Å²) in [5.41, 5.74) is 4.32. The van der Waals surface area contributed by atoms with Crippen molar-refractivity contribution in [2.45, 2.75) is 32.7 Å². The Morgan fingerprint density at radius 2 is 1.45 bits per heavy atom. The second kappa shape index (κ2) is 5.76. The highest BCUT2D eigenvalue weighted by molar-refractivity contribution is 6.02. The monoisotopic (exact) mass is 293 g/mol. The Balaban J connectivity index is 2.12. The number of hydrogen-bond donors (Lipinski definition) is 0. The van der Waals surface area contributed by atoms with Crippen LogP contribution in [0.3, 0.4) is 0 Å². The predicted octanol–water partition coefficient (Wildman–Crippen LogP) is 3.54. The lowest BCUT2D eigenvalue weighted by Crippen LogP contribution is -2.34. The molecule has 1 atom stereocenters. The first-order valence-electron chi connectivity index (χ1n) is 7.55. The highest BCUT2D eigenvalue weighted by Crippen LogP contribution is 2.33. The van der Waals surface area contributed by atoms with Crippen molar-refractivity contribution in [2.24, 2.45) is 0 Å². The van der Waals surface area contributed by atoms with Crippen LogP contribution in [0, 0.1) is 13.8 Å². The largest absolute Gasteiger partial charge is 0.274 e. The van der Waals surface area contributed by atoms with Gasteiger partial charge in [-0.1, -0.05) is 48.5 Å². The van der Waals surface area contributed by atoms with E-state index in [0.29, 0.717) is 12.8 Å². The van der Waals surface area contributed by atoms with E-state index in [9.17, 15) is 9.59 Å². The standard InChI is InChI=1S/C19H19NO2/c1-13-8-9-16(12-14(13)2)19(15-6-4-3-5-7-15)20-17(21)10-11-18(20)22/h3-9,12,19H,10-11H2,1-2H3. The van der Waals surface area contributed by atoms with Gasteiger partial charge in [-0.05, 0) is 36.1 Å². The van der Waals surface area contributed by atoms with Gasteiger partial charge in [-0.2, -0.15) is 0 Å². The molecule has 1 unspecified atom stereocenters. The molecule has 3 rings (SSSR count). The van der Waals surface area contributed by atoms with Crippen LogP contribution in [0.4, 0.5) is 0 Å². The molecular formula is C19H19NO2. The summed E-state index contributed by atoms with van der Waals surface area (Å²) in [4.78, 5) is 25.9. The Kier molecular flexibility index (Phi) is 3.80. The van der Waals surface area contributed by atoms with Crippen molar-refractivity contribution in [1.29, 1.82) is 0 Å². The molecule has 0 bridgehead atoms. The van der Waals surface area contributed by atoms with Crippen LogP contribution < -0.4 is 0 Å². The average molecular weight is 293 g/mol. The quantitative estimate of drug-likeness (QED) is 0.812. The van der Waals surface area contributed by atoms with Gasteiger partial charge in [0.15, 0.2) is 0 Å². The second-order valence-electron chi connectivity index (χ2n) is 5.81. The number of imide groups is 1. The third kappa shape index (κ3) is 2.54. The van der Waals surface area contributed by atoms with E-state index >= 15 is 0 Å². The zero-order chi connectivity index (χ0) is 15.7. The van der Waals surface area contributed by atoms with Crippen molar-refractivity contribution in [3.63, 3.8) is 0 Å². The van der Waals surface area contributed by atoms with Crippen molar-refractivity contribution in [2.75, 3.05) is 0 Å². The Bertz CT molecular complexity index is 705. The second-order valence-corrected chi connectivity index (χ2v) is 5.81. The number of amides is 2. The number of likely N-dealkylation sites (tertiary alicyclic amines) is 1. The molecule has 0 saturated carbocycles. The molecule has 22 heavy (non-hydrogen) atoms. The first kappa shape index (κ1) is 14.5. The summed E-state index contributed by atoms with van der Waals surface area (Å²) >= 11 is 0. The molecule has 3 nitrogen and oxygen atoms in total. The van der Waals surface area contributed by atoms with Crippen LogP contribution in [0.25, 0.3) is 0 Å². The minimum Gasteiger partial charge on any atom is -0.274 e. The minimum absolute atomic E-state index is 0.0860. The zero-order valence-corrected chi connectivity index (χ0v) is 12.9. The van der Waals surface area contributed by atoms with Crippen LogP contribution in [-0.2, 0) is 9.59 Å². The fraction of sp³-hybridized carbons (Fsp3) is 0.263. The molecule has 1 aliphatic rings. The van der Waals surface area contributed by atoms with Crippen LogP contribution in [-0.4, -0.2) is 16.7 Å². The fourth-order valence-corrected chi connectivity index (χ4v) is 2.94. The van der Waals surface area contributed by atoms with E-state index in [2.05, 4.69) is 19.9 Å². The van der Waals surface area contributed by atoms with E-state index < -0.39 is 0 Å². The fourth-order valence-electron chi connectivity index (χ4n) is 2.94. The first-order valence-corrected chi connectivity index (χ1v) is 7.55. The van der Waals surface area contributed by atoms with Crippen LogP contribution in [0.1, 0.15) is 41.1 Å². The van der Waals surface area contributed by atoms with Gasteiger partial charge >= 0.3 is 0 Å². The van der Waals surface area contributed by atoms with Crippen LogP contribution >= 0.6 is 0 Å². The molecule has 2 amide bonds. The van der Waals surface area contributed by atoms with E-state index in [1.807, 2.05) is 42.5 Å². The number of carbonyl (C=O) groups excluding carboxylic acids is 2. The molecule has 0 spiro atoms. The summed E-state index contributed by atoms with van der Waals surface area (Å²) in [5.74, 6) is -0.172. The molecule has 1 heterocycles. The summed E-state index contributed by atoms with van der Waals surface area (Å²) < 4.78 is 0. The van der Waals surface area contributed by atoms with Gasteiger partial charge in [0.25, 0.3) is 0 Å². The van der Waals surface area contributed by atoms with Gasteiger partial charge in [0.2, 0.25) is 11.8 Å². The predicted molar refractivity (Wildman–Crippen MR) is 85.3 cm³/mol. The number of carbonyl (C=O) groups is 2. The van der Waals surface area contributed by atoms with Crippen molar-refractivity contribution in [3.8, 4) is 0 Å². The Morgan fingerprint density at radius 1 is 0.818 bits per heavy atom. The van der Waals surface area contributed by atoms with Gasteiger partial charge in [0.1, 0.15) is 0 Å². The van der Waals surface area contributed by atoms with Crippen molar-refractivity contribution in [1.82, 2.24) is 4.90 Å². The molecular weight excluding hydrogens is 274 g/mol. The Hall–Kier alpha value is -2.42. The maximum absolute atomic E-state index is 12.2. The molecule has 0 N–H and O–H groups in total. The molecule has 0 aliphatic carbocycles. The Morgan fingerprint density at radius 3 is 2.05 bits per heavy atom. The molecule has 112 valence electrons. The number of nitrogens with zero attached hydrogens (tertiary/aromatic N) is 1. The smallest absolute Gasteiger partial charge is 0.230 e. The normalized spacial score (nSPS) is 16.2. The molecule has 0 aromatic heterocycles. The third-order valence-electron chi connectivity index (χ3n) is 4.31. The summed E-state index contributed by atoms with van der Waals surface area (Å²) in [6.07, 6.45) is 0.625. The van der Waals surface area contributed by atoms with Crippen LogP contribution in [0.15, 0.2) is 48.5 Å². The summed E-state index contributed by atoms with van der Waals surface area (Å²) in [6, 6.07) is 15.6. The van der Waals surface area contributed by atoms with Gasteiger partial charge in [-0.15, -0.1) is 0 Å². The lowest BCUT2D eigenvalue weighted by atomic mass is 9.94. The molecule has 1 fully saturated rings. The lowest BCUT2D eigenvalue weighted by Gasteiger charge is -2.27. The van der Waals surface area contributed by atoms with Gasteiger partial charge < -0.3 is 0 Å². The summed E-state index contributed by atoms with van der Waals surface area (Å²) in [6.45, 7) is 4.11. The Labute approximate surface area is 130 Å². The van der Waals surface area contributed by atoms with E-state index in [0.717, 1.165) is 16.7 Å².